The van der Waals surface area contributed by atoms with Crippen LogP contribution in [0.25, 0.3) is 0 Å². The molecule has 3 unspecified atom stereocenters. The average Bonchev–Trinajstić information content (AvgIpc) is 2.40. The quantitative estimate of drug-likeness (QED) is 0.802. The number of nitrogens with two attached hydrogens (primary N) is 1. The van der Waals surface area contributed by atoms with Gasteiger partial charge in [0.25, 0.3) is 0 Å². The fraction of sp³-hybridized carbons (Fsp3) is 0.692. The molecule has 1 fully saturated rings. The van der Waals surface area contributed by atoms with Crippen molar-refractivity contribution in [3.63, 3.8) is 0 Å². The first-order valence-electron chi connectivity index (χ1n) is 6.75. The summed E-state index contributed by atoms with van der Waals surface area (Å²) in [4.78, 5) is 8.38. The van der Waals surface area contributed by atoms with Crippen LogP contribution in [0, 0.1) is 6.92 Å². The van der Waals surface area contributed by atoms with Gasteiger partial charge < -0.3 is 20.5 Å². The van der Waals surface area contributed by atoms with E-state index in [9.17, 15) is 0 Å². The van der Waals surface area contributed by atoms with Gasteiger partial charge in [0, 0.05) is 12.6 Å². The molecule has 3 atom stereocenters. The predicted octanol–water partition coefficient (Wildman–Crippen LogP) is 1.10. The molecule has 6 nitrogen and oxygen atoms in total. The molecule has 3 N–H and O–H groups in total. The zero-order chi connectivity index (χ0) is 13.8. The lowest BCUT2D eigenvalue weighted by atomic mass is 9.83. The zero-order valence-corrected chi connectivity index (χ0v) is 11.7. The molecule has 1 heterocycles. The van der Waals surface area contributed by atoms with E-state index >= 15 is 0 Å². The van der Waals surface area contributed by atoms with Gasteiger partial charge in [-0.25, -0.2) is 9.97 Å². The summed E-state index contributed by atoms with van der Waals surface area (Å²) in [6.45, 7) is 7.14. The van der Waals surface area contributed by atoms with Crippen molar-refractivity contribution in [2.24, 2.45) is 5.73 Å². The van der Waals surface area contributed by atoms with Gasteiger partial charge in [0.1, 0.15) is 12.1 Å². The molecule has 0 radical (unpaired) electrons. The van der Waals surface area contributed by atoms with E-state index in [1.807, 2.05) is 20.8 Å². The topological polar surface area (TPSA) is 82.3 Å². The van der Waals surface area contributed by atoms with Gasteiger partial charge in [-0.15, -0.1) is 0 Å². The van der Waals surface area contributed by atoms with E-state index in [-0.39, 0.29) is 18.2 Å². The van der Waals surface area contributed by atoms with Crippen LogP contribution < -0.4 is 15.8 Å². The summed E-state index contributed by atoms with van der Waals surface area (Å²) in [7, 11) is 0. The van der Waals surface area contributed by atoms with E-state index in [0.29, 0.717) is 19.1 Å². The highest BCUT2D eigenvalue weighted by Gasteiger charge is 2.39. The first-order chi connectivity index (χ1) is 9.17. The Morgan fingerprint density at radius 3 is 2.79 bits per heavy atom. The molecule has 2 rings (SSSR count). The van der Waals surface area contributed by atoms with Gasteiger partial charge in [0.2, 0.25) is 5.88 Å². The fourth-order valence-electron chi connectivity index (χ4n) is 2.25. The molecule has 1 aliphatic rings. The van der Waals surface area contributed by atoms with Crippen molar-refractivity contribution in [3.05, 3.63) is 11.9 Å². The molecule has 6 heteroatoms. The lowest BCUT2D eigenvalue weighted by Gasteiger charge is -2.42. The Bertz CT molecular complexity index is 425. The lowest BCUT2D eigenvalue weighted by molar-refractivity contribution is -0.0127. The molecule has 106 valence electrons. The standard InChI is InChI=1S/C13H22N4O2/c1-4-18-10-6-9(14)11(10)17-12-8(3)13(19-5-2)16-7-15-12/h7,9-11H,4-6,14H2,1-3H3,(H,15,16,17). The van der Waals surface area contributed by atoms with E-state index < -0.39 is 0 Å². The maximum atomic E-state index is 6.02. The van der Waals surface area contributed by atoms with E-state index in [0.717, 1.165) is 17.8 Å². The van der Waals surface area contributed by atoms with Crippen LogP contribution in [0.4, 0.5) is 5.82 Å². The molecular weight excluding hydrogens is 244 g/mol. The summed E-state index contributed by atoms with van der Waals surface area (Å²) in [5.74, 6) is 1.38. The third-order valence-electron chi connectivity index (χ3n) is 3.37. The zero-order valence-electron chi connectivity index (χ0n) is 11.7. The Morgan fingerprint density at radius 1 is 1.37 bits per heavy atom. The summed E-state index contributed by atoms with van der Waals surface area (Å²) < 4.78 is 11.1. The Balaban J connectivity index is 2.08. The lowest BCUT2D eigenvalue weighted by Crippen LogP contribution is -2.60. The van der Waals surface area contributed by atoms with Crippen molar-refractivity contribution < 1.29 is 9.47 Å². The molecule has 1 aromatic rings. The van der Waals surface area contributed by atoms with Crippen molar-refractivity contribution >= 4 is 5.82 Å². The molecule has 1 aromatic heterocycles. The van der Waals surface area contributed by atoms with Gasteiger partial charge >= 0.3 is 0 Å². The Morgan fingerprint density at radius 2 is 2.16 bits per heavy atom. The smallest absolute Gasteiger partial charge is 0.221 e. The first-order valence-corrected chi connectivity index (χ1v) is 6.75. The van der Waals surface area contributed by atoms with Gasteiger partial charge in [0.15, 0.2) is 0 Å². The largest absolute Gasteiger partial charge is 0.478 e. The van der Waals surface area contributed by atoms with E-state index in [2.05, 4.69) is 15.3 Å². The number of nitrogens with zero attached hydrogens (tertiary/aromatic N) is 2. The number of hydrogen-bond donors (Lipinski definition) is 2. The number of hydrogen-bond acceptors (Lipinski definition) is 6. The summed E-state index contributed by atoms with van der Waals surface area (Å²) in [6.07, 6.45) is 2.54. The van der Waals surface area contributed by atoms with Gasteiger partial charge in [-0.2, -0.15) is 0 Å². The summed E-state index contributed by atoms with van der Waals surface area (Å²) in [5.41, 5.74) is 6.92. The van der Waals surface area contributed by atoms with Gasteiger partial charge in [0.05, 0.1) is 24.3 Å². The summed E-state index contributed by atoms with van der Waals surface area (Å²) in [5, 5.41) is 3.35. The minimum absolute atomic E-state index is 0.0986. The highest BCUT2D eigenvalue weighted by Crippen LogP contribution is 2.28. The van der Waals surface area contributed by atoms with Crippen LogP contribution in [0.3, 0.4) is 0 Å². The van der Waals surface area contributed by atoms with Crippen molar-refractivity contribution in [1.29, 1.82) is 0 Å². The number of rotatable bonds is 6. The molecule has 1 aliphatic carbocycles. The van der Waals surface area contributed by atoms with Crippen LogP contribution in [0.2, 0.25) is 0 Å². The van der Waals surface area contributed by atoms with Gasteiger partial charge in [-0.05, 0) is 27.2 Å². The molecular formula is C13H22N4O2. The fourth-order valence-corrected chi connectivity index (χ4v) is 2.25. The van der Waals surface area contributed by atoms with Crippen LogP contribution >= 0.6 is 0 Å². The molecule has 0 aliphatic heterocycles. The monoisotopic (exact) mass is 266 g/mol. The van der Waals surface area contributed by atoms with Crippen LogP contribution in [0.5, 0.6) is 5.88 Å². The number of ether oxygens (including phenoxy) is 2. The van der Waals surface area contributed by atoms with E-state index in [4.69, 9.17) is 15.2 Å². The van der Waals surface area contributed by atoms with Crippen molar-refractivity contribution in [2.45, 2.75) is 45.4 Å². The first kappa shape index (κ1) is 14.0. The minimum atomic E-state index is 0.0986. The molecule has 0 bridgehead atoms. The molecule has 0 saturated heterocycles. The van der Waals surface area contributed by atoms with Gasteiger partial charge in [-0.3, -0.25) is 0 Å². The second kappa shape index (κ2) is 6.16. The number of aromatic nitrogens is 2. The second-order valence-corrected chi connectivity index (χ2v) is 4.65. The minimum Gasteiger partial charge on any atom is -0.478 e. The predicted molar refractivity (Wildman–Crippen MR) is 73.4 cm³/mol. The molecule has 19 heavy (non-hydrogen) atoms. The molecule has 0 amide bonds. The number of anilines is 1. The maximum Gasteiger partial charge on any atom is 0.221 e. The van der Waals surface area contributed by atoms with E-state index in [1.54, 1.807) is 0 Å². The van der Waals surface area contributed by atoms with Crippen LogP contribution in [-0.2, 0) is 4.74 Å². The Hall–Kier alpha value is -1.40. The van der Waals surface area contributed by atoms with Crippen molar-refractivity contribution in [2.75, 3.05) is 18.5 Å². The molecule has 1 saturated carbocycles. The summed E-state index contributed by atoms with van der Waals surface area (Å²) in [6, 6.07) is 0.199. The number of nitrogens with one attached hydrogen (secondary N) is 1. The van der Waals surface area contributed by atoms with Crippen LogP contribution in [-0.4, -0.2) is 41.4 Å². The van der Waals surface area contributed by atoms with E-state index in [1.165, 1.54) is 6.33 Å². The highest BCUT2D eigenvalue weighted by atomic mass is 16.5. The molecule has 0 spiro atoms. The van der Waals surface area contributed by atoms with Crippen molar-refractivity contribution in [1.82, 2.24) is 9.97 Å². The average molecular weight is 266 g/mol. The Kier molecular flexibility index (Phi) is 4.55. The second-order valence-electron chi connectivity index (χ2n) is 4.65. The summed E-state index contributed by atoms with van der Waals surface area (Å²) >= 11 is 0. The third-order valence-corrected chi connectivity index (χ3v) is 3.37. The highest BCUT2D eigenvalue weighted by molar-refractivity contribution is 5.49. The SMILES string of the molecule is CCOc1ncnc(NC2C(N)CC2OCC)c1C. The van der Waals surface area contributed by atoms with Crippen LogP contribution in [0.15, 0.2) is 6.33 Å². The Labute approximate surface area is 113 Å². The normalized spacial score (nSPS) is 25.8. The maximum absolute atomic E-state index is 6.02. The van der Waals surface area contributed by atoms with Gasteiger partial charge in [-0.1, -0.05) is 0 Å². The van der Waals surface area contributed by atoms with Crippen molar-refractivity contribution in [3.8, 4) is 5.88 Å². The van der Waals surface area contributed by atoms with Crippen LogP contribution in [0.1, 0.15) is 25.8 Å². The third kappa shape index (κ3) is 2.96. The molecule has 0 aromatic carbocycles.